The fourth-order valence-electron chi connectivity index (χ4n) is 5.19. The van der Waals surface area contributed by atoms with Crippen molar-refractivity contribution in [2.75, 3.05) is 24.2 Å². The third kappa shape index (κ3) is 3.23. The van der Waals surface area contributed by atoms with E-state index in [0.717, 1.165) is 43.4 Å². The number of hydrogen-bond acceptors (Lipinski definition) is 6. The van der Waals surface area contributed by atoms with Crippen LogP contribution in [0.3, 0.4) is 0 Å². The predicted molar refractivity (Wildman–Crippen MR) is 122 cm³/mol. The molecule has 9 nitrogen and oxygen atoms in total. The number of aromatic carboxylic acids is 1. The van der Waals surface area contributed by atoms with Crippen molar-refractivity contribution in [1.82, 2.24) is 14.8 Å². The molecule has 1 aromatic carbocycles. The van der Waals surface area contributed by atoms with E-state index in [1.165, 1.54) is 6.20 Å². The van der Waals surface area contributed by atoms with Crippen molar-refractivity contribution < 1.29 is 19.0 Å². The number of hydrogen-bond donors (Lipinski definition) is 4. The van der Waals surface area contributed by atoms with E-state index in [2.05, 4.69) is 15.5 Å². The number of ether oxygens (including phenoxy) is 1. The van der Waals surface area contributed by atoms with Crippen LogP contribution in [0.1, 0.15) is 53.7 Å². The first-order valence-corrected chi connectivity index (χ1v) is 11.1. The number of benzene rings is 1. The van der Waals surface area contributed by atoms with E-state index >= 15 is 4.39 Å². The van der Waals surface area contributed by atoms with Crippen molar-refractivity contribution in [2.45, 2.75) is 51.0 Å². The molecule has 0 radical (unpaired) electrons. The maximum absolute atomic E-state index is 15.4. The van der Waals surface area contributed by atoms with Gasteiger partial charge >= 0.3 is 5.97 Å². The lowest BCUT2D eigenvalue weighted by molar-refractivity contribution is 0.0692. The highest BCUT2D eigenvalue weighted by Crippen LogP contribution is 2.48. The van der Waals surface area contributed by atoms with Crippen molar-refractivity contribution >= 4 is 28.2 Å². The maximum atomic E-state index is 15.4. The number of aryl methyl sites for hydroxylation is 2. The number of anilines is 2. The summed E-state index contributed by atoms with van der Waals surface area (Å²) in [6.45, 7) is 2.68. The standard InChI is InChI=1S/C23H26FN5O4/c1-12-13(9-27-28-12)5-4-8-26-18-16(24)17(25)15-19-21(18)33-11-23(6-2-3-7-23)29(19)10-14(20(15)30)22(31)32/h9-10,26H,2-8,11,25H2,1H3,(H,27,28)(H,31,32). The van der Waals surface area contributed by atoms with Crippen LogP contribution in [0.5, 0.6) is 5.75 Å². The number of nitrogens with one attached hydrogen (secondary N) is 2. The van der Waals surface area contributed by atoms with Crippen LogP contribution in [0.4, 0.5) is 15.8 Å². The highest BCUT2D eigenvalue weighted by Gasteiger charge is 2.43. The number of fused-ring (bicyclic) bond motifs is 1. The average molecular weight is 455 g/mol. The molecule has 3 aromatic rings. The third-order valence-corrected chi connectivity index (χ3v) is 6.99. The highest BCUT2D eigenvalue weighted by atomic mass is 19.1. The van der Waals surface area contributed by atoms with Gasteiger partial charge in [-0.2, -0.15) is 5.10 Å². The van der Waals surface area contributed by atoms with Crippen LogP contribution in [0, 0.1) is 12.7 Å². The number of nitrogens with zero attached hydrogens (tertiary/aromatic N) is 2. The first kappa shape index (κ1) is 21.3. The first-order valence-electron chi connectivity index (χ1n) is 11.1. The van der Waals surface area contributed by atoms with Gasteiger partial charge in [-0.3, -0.25) is 9.89 Å². The summed E-state index contributed by atoms with van der Waals surface area (Å²) in [6.07, 6.45) is 8.12. The van der Waals surface area contributed by atoms with Gasteiger partial charge in [0.15, 0.2) is 11.6 Å². The molecule has 1 saturated carbocycles. The summed E-state index contributed by atoms with van der Waals surface area (Å²) in [5.74, 6) is -1.95. The predicted octanol–water partition coefficient (Wildman–Crippen LogP) is 3.16. The minimum absolute atomic E-state index is 0.105. The summed E-state index contributed by atoms with van der Waals surface area (Å²) >= 11 is 0. The Morgan fingerprint density at radius 2 is 2.18 bits per heavy atom. The summed E-state index contributed by atoms with van der Waals surface area (Å²) in [5.41, 5.74) is 6.62. The van der Waals surface area contributed by atoms with Gasteiger partial charge in [0.1, 0.15) is 17.9 Å². The Balaban J connectivity index is 1.61. The van der Waals surface area contributed by atoms with Gasteiger partial charge in [-0.1, -0.05) is 12.8 Å². The van der Waals surface area contributed by atoms with Crippen molar-refractivity contribution in [3.63, 3.8) is 0 Å². The molecule has 33 heavy (non-hydrogen) atoms. The zero-order valence-corrected chi connectivity index (χ0v) is 18.3. The van der Waals surface area contributed by atoms with E-state index in [4.69, 9.17) is 10.5 Å². The number of nitrogens with two attached hydrogens (primary N) is 1. The van der Waals surface area contributed by atoms with Gasteiger partial charge < -0.3 is 25.5 Å². The average Bonchev–Trinajstić information content (AvgIpc) is 3.42. The minimum atomic E-state index is -1.36. The molecule has 1 fully saturated rings. The number of pyridine rings is 1. The molecule has 10 heteroatoms. The largest absolute Gasteiger partial charge is 0.487 e. The van der Waals surface area contributed by atoms with Gasteiger partial charge in [0.05, 0.1) is 28.3 Å². The summed E-state index contributed by atoms with van der Waals surface area (Å²) in [7, 11) is 0. The topological polar surface area (TPSA) is 135 Å². The van der Waals surface area contributed by atoms with E-state index < -0.39 is 28.3 Å². The number of carboxylic acid groups (broad SMARTS) is 1. The van der Waals surface area contributed by atoms with Crippen LogP contribution in [-0.4, -0.2) is 39.0 Å². The zero-order valence-electron chi connectivity index (χ0n) is 18.3. The summed E-state index contributed by atoms with van der Waals surface area (Å²) in [6, 6.07) is 0. The third-order valence-electron chi connectivity index (χ3n) is 6.99. The second kappa shape index (κ2) is 7.79. The fourth-order valence-corrected chi connectivity index (χ4v) is 5.19. The van der Waals surface area contributed by atoms with Gasteiger partial charge in [-0.15, -0.1) is 0 Å². The molecular weight excluding hydrogens is 429 g/mol. The minimum Gasteiger partial charge on any atom is -0.487 e. The molecule has 5 rings (SSSR count). The molecule has 0 atom stereocenters. The maximum Gasteiger partial charge on any atom is 0.341 e. The SMILES string of the molecule is Cc1[nH]ncc1CCCNc1c(F)c(N)c2c(=O)c(C(=O)O)cn3c2c1OCC31CCCC1. The van der Waals surface area contributed by atoms with E-state index in [9.17, 15) is 14.7 Å². The van der Waals surface area contributed by atoms with Gasteiger partial charge in [-0.05, 0) is 38.2 Å². The van der Waals surface area contributed by atoms with Gasteiger partial charge in [-0.25, -0.2) is 9.18 Å². The molecule has 3 heterocycles. The molecule has 1 spiro atoms. The number of rotatable bonds is 6. The van der Waals surface area contributed by atoms with Gasteiger partial charge in [0.25, 0.3) is 0 Å². The van der Waals surface area contributed by atoms with Crippen LogP contribution in [0.25, 0.3) is 10.9 Å². The Morgan fingerprint density at radius 3 is 2.85 bits per heavy atom. The number of nitrogen functional groups attached to an aromatic ring is 1. The van der Waals surface area contributed by atoms with Crippen LogP contribution in [0.2, 0.25) is 0 Å². The van der Waals surface area contributed by atoms with Gasteiger partial charge in [0.2, 0.25) is 5.43 Å². The number of carboxylic acids is 1. The monoisotopic (exact) mass is 455 g/mol. The molecule has 2 aliphatic rings. The number of carbonyl (C=O) groups is 1. The Bertz CT molecular complexity index is 1320. The molecule has 2 aromatic heterocycles. The first-order chi connectivity index (χ1) is 15.8. The lowest BCUT2D eigenvalue weighted by Crippen LogP contribution is -2.42. The van der Waals surface area contributed by atoms with Crippen LogP contribution >= 0.6 is 0 Å². The van der Waals surface area contributed by atoms with Crippen LogP contribution in [0.15, 0.2) is 17.2 Å². The van der Waals surface area contributed by atoms with E-state index in [1.807, 2.05) is 11.5 Å². The quantitative estimate of drug-likeness (QED) is 0.331. The fraction of sp³-hybridized carbons (Fsp3) is 0.435. The van der Waals surface area contributed by atoms with E-state index in [-0.39, 0.29) is 29.1 Å². The number of H-pyrrole nitrogens is 1. The summed E-state index contributed by atoms with van der Waals surface area (Å²) < 4.78 is 23.3. The second-order valence-electron chi connectivity index (χ2n) is 8.97. The number of aromatic amines is 1. The Morgan fingerprint density at radius 1 is 1.42 bits per heavy atom. The lowest BCUT2D eigenvalue weighted by Gasteiger charge is -2.39. The Hall–Kier alpha value is -3.56. The van der Waals surface area contributed by atoms with Crippen molar-refractivity contribution in [3.05, 3.63) is 45.3 Å². The summed E-state index contributed by atoms with van der Waals surface area (Å²) in [5, 5.41) is 19.5. The molecule has 0 bridgehead atoms. The van der Waals surface area contributed by atoms with Crippen molar-refractivity contribution in [2.24, 2.45) is 0 Å². The molecule has 0 amide bonds. The lowest BCUT2D eigenvalue weighted by atomic mass is 9.93. The molecule has 0 unspecified atom stereocenters. The van der Waals surface area contributed by atoms with Crippen LogP contribution in [-0.2, 0) is 12.0 Å². The summed E-state index contributed by atoms with van der Waals surface area (Å²) in [4.78, 5) is 24.8. The smallest absolute Gasteiger partial charge is 0.341 e. The van der Waals surface area contributed by atoms with Crippen molar-refractivity contribution in [3.8, 4) is 5.75 Å². The normalized spacial score (nSPS) is 16.3. The zero-order chi connectivity index (χ0) is 23.3. The molecular formula is C23H26FN5O4. The van der Waals surface area contributed by atoms with Gasteiger partial charge in [0, 0.05) is 18.4 Å². The number of halogens is 1. The highest BCUT2D eigenvalue weighted by molar-refractivity contribution is 6.03. The molecule has 174 valence electrons. The Labute approximate surface area is 188 Å². The molecule has 1 aliphatic carbocycles. The van der Waals surface area contributed by atoms with Crippen LogP contribution < -0.4 is 21.2 Å². The number of aromatic nitrogens is 3. The Kier molecular flexibility index (Phi) is 5.02. The van der Waals surface area contributed by atoms with E-state index in [1.54, 1.807) is 6.20 Å². The van der Waals surface area contributed by atoms with Crippen molar-refractivity contribution in [1.29, 1.82) is 0 Å². The molecule has 5 N–H and O–H groups in total. The van der Waals surface area contributed by atoms with E-state index in [0.29, 0.717) is 18.5 Å². The molecule has 1 aliphatic heterocycles. The molecule has 0 saturated heterocycles. The second-order valence-corrected chi connectivity index (χ2v) is 8.97.